The highest BCUT2D eigenvalue weighted by molar-refractivity contribution is 6.05. The molecular formula is C15H16N2O2. The van der Waals surface area contributed by atoms with Crippen molar-refractivity contribution >= 4 is 17.4 Å². The lowest BCUT2D eigenvalue weighted by atomic mass is 10.2. The monoisotopic (exact) mass is 256 g/mol. The van der Waals surface area contributed by atoms with Crippen molar-refractivity contribution in [3.8, 4) is 0 Å². The van der Waals surface area contributed by atoms with Crippen molar-refractivity contribution in [2.24, 2.45) is 7.05 Å². The fourth-order valence-electron chi connectivity index (χ4n) is 1.88. The van der Waals surface area contributed by atoms with E-state index in [1.54, 1.807) is 23.9 Å². The maximum atomic E-state index is 12.2. The van der Waals surface area contributed by atoms with Crippen molar-refractivity contribution in [3.05, 3.63) is 53.3 Å². The van der Waals surface area contributed by atoms with E-state index in [-0.39, 0.29) is 11.7 Å². The van der Waals surface area contributed by atoms with E-state index in [1.807, 2.05) is 31.2 Å². The van der Waals surface area contributed by atoms with Gasteiger partial charge in [0.2, 0.25) is 0 Å². The number of anilines is 1. The van der Waals surface area contributed by atoms with Gasteiger partial charge in [-0.1, -0.05) is 18.2 Å². The third kappa shape index (κ3) is 2.73. The summed E-state index contributed by atoms with van der Waals surface area (Å²) in [6.45, 7) is 3.42. The molecule has 0 spiro atoms. The zero-order valence-electron chi connectivity index (χ0n) is 11.2. The average Bonchev–Trinajstić information content (AvgIpc) is 2.74. The average molecular weight is 256 g/mol. The minimum Gasteiger partial charge on any atom is -0.346 e. The van der Waals surface area contributed by atoms with Gasteiger partial charge in [0.25, 0.3) is 5.91 Å². The van der Waals surface area contributed by atoms with Crippen LogP contribution in [0.3, 0.4) is 0 Å². The summed E-state index contributed by atoms with van der Waals surface area (Å²) in [5.74, 6) is -0.269. The second kappa shape index (κ2) is 5.10. The molecule has 0 unspecified atom stereocenters. The number of hydrogen-bond acceptors (Lipinski definition) is 2. The van der Waals surface area contributed by atoms with Crippen molar-refractivity contribution in [1.29, 1.82) is 0 Å². The van der Waals surface area contributed by atoms with Gasteiger partial charge in [0, 0.05) is 24.5 Å². The van der Waals surface area contributed by atoms with Crippen molar-refractivity contribution < 1.29 is 9.59 Å². The van der Waals surface area contributed by atoms with E-state index in [2.05, 4.69) is 5.32 Å². The van der Waals surface area contributed by atoms with Gasteiger partial charge in [-0.2, -0.15) is 0 Å². The minimum atomic E-state index is -0.218. The molecule has 0 aliphatic carbocycles. The van der Waals surface area contributed by atoms with Crippen molar-refractivity contribution in [3.63, 3.8) is 0 Å². The number of carbonyl (C=O) groups is 2. The molecule has 2 aromatic rings. The number of carbonyl (C=O) groups excluding carboxylic acids is 2. The lowest BCUT2D eigenvalue weighted by Gasteiger charge is -2.08. The number of para-hydroxylation sites is 1. The van der Waals surface area contributed by atoms with E-state index in [1.165, 1.54) is 6.92 Å². The Labute approximate surface area is 112 Å². The molecule has 4 nitrogen and oxygen atoms in total. The molecule has 2 rings (SSSR count). The number of rotatable bonds is 3. The molecular weight excluding hydrogens is 240 g/mol. The van der Waals surface area contributed by atoms with Gasteiger partial charge in [-0.05, 0) is 31.5 Å². The number of aryl methyl sites for hydroxylation is 2. The number of hydrogen-bond donors (Lipinski definition) is 1. The van der Waals surface area contributed by atoms with E-state index in [9.17, 15) is 9.59 Å². The number of amides is 1. The zero-order valence-corrected chi connectivity index (χ0v) is 11.2. The minimum absolute atomic E-state index is 0.0504. The second-order valence-corrected chi connectivity index (χ2v) is 4.55. The van der Waals surface area contributed by atoms with Crippen LogP contribution in [0.15, 0.2) is 36.5 Å². The Morgan fingerprint density at radius 1 is 1.21 bits per heavy atom. The Kier molecular flexibility index (Phi) is 3.51. The topological polar surface area (TPSA) is 51.1 Å². The van der Waals surface area contributed by atoms with E-state index < -0.39 is 0 Å². The molecule has 0 aliphatic rings. The van der Waals surface area contributed by atoms with Gasteiger partial charge in [0.05, 0.1) is 0 Å². The Morgan fingerprint density at radius 2 is 1.89 bits per heavy atom. The van der Waals surface area contributed by atoms with E-state index in [0.29, 0.717) is 11.3 Å². The van der Waals surface area contributed by atoms with Crippen LogP contribution in [0.4, 0.5) is 5.69 Å². The van der Waals surface area contributed by atoms with Gasteiger partial charge in [-0.25, -0.2) is 0 Å². The number of ketones is 1. The molecule has 0 saturated heterocycles. The summed E-state index contributed by atoms with van der Waals surface area (Å²) >= 11 is 0. The Hall–Kier alpha value is -2.36. The fraction of sp³-hybridized carbons (Fsp3) is 0.200. The van der Waals surface area contributed by atoms with Gasteiger partial charge >= 0.3 is 0 Å². The van der Waals surface area contributed by atoms with Crippen LogP contribution in [0, 0.1) is 6.92 Å². The maximum absolute atomic E-state index is 12.2. The molecule has 1 heterocycles. The number of nitrogens with zero attached hydrogens (tertiary/aromatic N) is 1. The van der Waals surface area contributed by atoms with Crippen LogP contribution in [0.1, 0.15) is 33.3 Å². The first kappa shape index (κ1) is 13.1. The highest BCUT2D eigenvalue weighted by Crippen LogP contribution is 2.15. The van der Waals surface area contributed by atoms with Crippen LogP contribution in [0.5, 0.6) is 0 Å². The number of aromatic nitrogens is 1. The standard InChI is InChI=1S/C15H16N2O2/c1-10-6-4-5-7-13(10)16-15(19)14-8-12(11(2)18)9-17(14)3/h4-9H,1-3H3,(H,16,19). The van der Waals surface area contributed by atoms with Crippen LogP contribution in [-0.2, 0) is 7.05 Å². The summed E-state index contributed by atoms with van der Waals surface area (Å²) in [6, 6.07) is 9.18. The van der Waals surface area contributed by atoms with Gasteiger partial charge in [0.15, 0.2) is 5.78 Å². The van der Waals surface area contributed by atoms with Gasteiger partial charge in [-0.15, -0.1) is 0 Å². The normalized spacial score (nSPS) is 10.3. The molecule has 1 aromatic heterocycles. The number of nitrogens with one attached hydrogen (secondary N) is 1. The van der Waals surface area contributed by atoms with E-state index >= 15 is 0 Å². The third-order valence-corrected chi connectivity index (χ3v) is 3.04. The first-order valence-electron chi connectivity index (χ1n) is 6.03. The Bertz CT molecular complexity index is 641. The summed E-state index contributed by atoms with van der Waals surface area (Å²) in [7, 11) is 1.75. The van der Waals surface area contributed by atoms with Crippen LogP contribution in [0.25, 0.3) is 0 Å². The van der Waals surface area contributed by atoms with Crippen molar-refractivity contribution in [1.82, 2.24) is 4.57 Å². The molecule has 0 atom stereocenters. The molecule has 0 saturated carbocycles. The highest BCUT2D eigenvalue weighted by atomic mass is 16.2. The molecule has 0 bridgehead atoms. The van der Waals surface area contributed by atoms with E-state index in [0.717, 1.165) is 11.3 Å². The van der Waals surface area contributed by atoms with Crippen LogP contribution in [-0.4, -0.2) is 16.3 Å². The van der Waals surface area contributed by atoms with E-state index in [4.69, 9.17) is 0 Å². The highest BCUT2D eigenvalue weighted by Gasteiger charge is 2.14. The summed E-state index contributed by atoms with van der Waals surface area (Å²) in [5, 5.41) is 2.85. The maximum Gasteiger partial charge on any atom is 0.272 e. The first-order chi connectivity index (χ1) is 8.99. The first-order valence-corrected chi connectivity index (χ1v) is 6.03. The van der Waals surface area contributed by atoms with Crippen LogP contribution < -0.4 is 5.32 Å². The number of Topliss-reactive ketones (excluding diaryl/α,β-unsaturated/α-hetero) is 1. The molecule has 4 heteroatoms. The van der Waals surface area contributed by atoms with Gasteiger partial charge < -0.3 is 9.88 Å². The van der Waals surface area contributed by atoms with Crippen LogP contribution in [0.2, 0.25) is 0 Å². The van der Waals surface area contributed by atoms with Crippen molar-refractivity contribution in [2.75, 3.05) is 5.32 Å². The lowest BCUT2D eigenvalue weighted by molar-refractivity contribution is 0.101. The predicted octanol–water partition coefficient (Wildman–Crippen LogP) is 2.79. The Morgan fingerprint density at radius 3 is 2.47 bits per heavy atom. The Balaban J connectivity index is 2.26. The van der Waals surface area contributed by atoms with Crippen LogP contribution >= 0.6 is 0 Å². The molecule has 1 N–H and O–H groups in total. The number of benzene rings is 1. The lowest BCUT2D eigenvalue weighted by Crippen LogP contribution is -2.15. The summed E-state index contributed by atoms with van der Waals surface area (Å²) in [5.41, 5.74) is 2.78. The molecule has 1 aromatic carbocycles. The molecule has 98 valence electrons. The molecule has 0 radical (unpaired) electrons. The third-order valence-electron chi connectivity index (χ3n) is 3.04. The quantitative estimate of drug-likeness (QED) is 0.858. The molecule has 0 fully saturated rings. The largest absolute Gasteiger partial charge is 0.346 e. The second-order valence-electron chi connectivity index (χ2n) is 4.55. The zero-order chi connectivity index (χ0) is 14.0. The summed E-state index contributed by atoms with van der Waals surface area (Å²) < 4.78 is 1.66. The summed E-state index contributed by atoms with van der Waals surface area (Å²) in [4.78, 5) is 23.5. The molecule has 0 aliphatic heterocycles. The molecule has 1 amide bonds. The molecule has 19 heavy (non-hydrogen) atoms. The van der Waals surface area contributed by atoms with Crippen molar-refractivity contribution in [2.45, 2.75) is 13.8 Å². The van der Waals surface area contributed by atoms with Gasteiger partial charge in [0.1, 0.15) is 5.69 Å². The van der Waals surface area contributed by atoms with Gasteiger partial charge in [-0.3, -0.25) is 9.59 Å². The predicted molar refractivity (Wildman–Crippen MR) is 74.5 cm³/mol. The SMILES string of the molecule is CC(=O)c1cc(C(=O)Nc2ccccc2C)n(C)c1. The fourth-order valence-corrected chi connectivity index (χ4v) is 1.88. The smallest absolute Gasteiger partial charge is 0.272 e. The summed E-state index contributed by atoms with van der Waals surface area (Å²) in [6.07, 6.45) is 1.66.